The zero-order valence-corrected chi connectivity index (χ0v) is 75.6. The van der Waals surface area contributed by atoms with Crippen LogP contribution in [0.25, 0.3) is 0 Å². The monoisotopic (exact) mass is 2030 g/mol. The molecule has 0 radical (unpaired) electrons. The number of carbonyl (C=O) groups is 8. The molecule has 30 fully saturated rings. The van der Waals surface area contributed by atoms with Gasteiger partial charge in [-0.05, 0) is 12.2 Å². The number of thioether (sulfide) groups is 7. The topological polar surface area (TPSA) is 770 Å². The summed E-state index contributed by atoms with van der Waals surface area (Å²) in [5.41, 5.74) is 0. The standard InChI is InChI=1S/C72H112O48S9/c73-33(74)2-10-121-17-26-58-43(91)51(99)67(107-26)115-59-28(19-123-12-4-35(77)78)108-68(52(100)44(59)92)116-60-29(20-124-13-5-36(79)80)109-69(53(101)45(60)93)117-61-30(21-125-14-6-37(81)82)110-70(54(102)46(61)94)118-62-31(22-126-15-7-38(83)84)111-71(55(103)47(62)95)120-64-32(23-129-128-16-8-39(85)86)112-72(56(104)48(64)96)119-63-27(18-122-11-3-34(75)76)106-66(50(98)42(63)90)113-57-25(1-9-127-24-40(87)88)105-65(114-58)49(97)41(57)89/h25-32,41-72,89-104H,1-24H2,(H,73,74)(H,75,76)(H,77,78)(H,79,80)(H,81,82)(H,83,84)(H,85,86)(H,87,88)/t25-,26-,27-,28-,29-,30-,31-,32-,41-,42-,43-,44-,45-,46-,47-,48-,49-,50-,51-,52-,53-,54-,55-,56-,57-,58-,59-,60-,61-,62-,63-,64-,65-,66-,67-,68-,69-,70-,71-,72-/m1/s1. The minimum atomic E-state index is -2.33. The van der Waals surface area contributed by atoms with Crippen LogP contribution in [0.2, 0.25) is 0 Å². The van der Waals surface area contributed by atoms with Crippen LogP contribution in [0.1, 0.15) is 51.4 Å². The molecule has 742 valence electrons. The van der Waals surface area contributed by atoms with E-state index in [0.717, 1.165) is 104 Å². The van der Waals surface area contributed by atoms with Crippen LogP contribution in [-0.4, -0.2) is 508 Å². The molecule has 24 N–H and O–H groups in total. The summed E-state index contributed by atoms with van der Waals surface area (Å²) in [7, 11) is 1.90. The molecular formula is C72H112O48S9. The van der Waals surface area contributed by atoms with E-state index in [2.05, 4.69) is 0 Å². The van der Waals surface area contributed by atoms with E-state index in [9.17, 15) is 161 Å². The van der Waals surface area contributed by atoms with E-state index >= 15 is 0 Å². The third kappa shape index (κ3) is 31.6. The molecule has 0 aliphatic carbocycles. The second-order valence-corrected chi connectivity index (χ2v) is 41.4. The van der Waals surface area contributed by atoms with Crippen molar-refractivity contribution in [3.8, 4) is 0 Å². The second-order valence-electron chi connectivity index (χ2n) is 30.8. The second kappa shape index (κ2) is 53.7. The highest BCUT2D eigenvalue weighted by Crippen LogP contribution is 2.43. The summed E-state index contributed by atoms with van der Waals surface area (Å²) in [6.07, 6.45) is -85.5. The van der Waals surface area contributed by atoms with Gasteiger partial charge >= 0.3 is 47.8 Å². The zero-order valence-electron chi connectivity index (χ0n) is 68.3. The molecule has 0 saturated carbocycles. The Kier molecular flexibility index (Phi) is 45.9. The van der Waals surface area contributed by atoms with Gasteiger partial charge in [-0.3, -0.25) is 38.4 Å². The molecule has 0 aromatic carbocycles. The van der Waals surface area contributed by atoms with Crippen molar-refractivity contribution in [1.29, 1.82) is 0 Å². The van der Waals surface area contributed by atoms with Crippen LogP contribution >= 0.6 is 104 Å². The summed E-state index contributed by atoms with van der Waals surface area (Å²) in [6, 6.07) is 0. The summed E-state index contributed by atoms with van der Waals surface area (Å²) < 4.78 is 100. The van der Waals surface area contributed by atoms with Crippen LogP contribution in [0.4, 0.5) is 0 Å². The Hall–Kier alpha value is -2.37. The molecule has 0 aromatic rings. The first kappa shape index (κ1) is 110. The molecule has 129 heavy (non-hydrogen) atoms. The van der Waals surface area contributed by atoms with Crippen LogP contribution in [0.15, 0.2) is 0 Å². The number of ether oxygens (including phenoxy) is 16. The van der Waals surface area contributed by atoms with Crippen molar-refractivity contribution in [2.45, 2.75) is 297 Å². The Morgan fingerprint density at radius 2 is 0.349 bits per heavy atom. The van der Waals surface area contributed by atoms with Gasteiger partial charge in [0.25, 0.3) is 0 Å². The maximum absolute atomic E-state index is 12.3. The number of hydrogen-bond donors (Lipinski definition) is 24. The molecule has 57 heteroatoms. The quantitative estimate of drug-likeness (QED) is 0.0200. The number of aliphatic hydroxyl groups is 16. The minimum absolute atomic E-state index is 0.0370. The maximum atomic E-state index is 12.3. The summed E-state index contributed by atoms with van der Waals surface area (Å²) in [4.78, 5) is 94.2. The lowest BCUT2D eigenvalue weighted by atomic mass is 9.94. The highest BCUT2D eigenvalue weighted by atomic mass is 33.1. The van der Waals surface area contributed by atoms with Gasteiger partial charge < -0.3 is 198 Å². The largest absolute Gasteiger partial charge is 0.481 e. The molecule has 30 saturated heterocycles. The molecule has 48 nitrogen and oxygen atoms in total. The number of aliphatic hydroxyl groups excluding tert-OH is 16. The fourth-order valence-electron chi connectivity index (χ4n) is 14.7. The molecule has 30 heterocycles. The highest BCUT2D eigenvalue weighted by Gasteiger charge is 2.61. The van der Waals surface area contributed by atoms with E-state index in [4.69, 9.17) is 75.8 Å². The molecule has 0 spiro atoms. The number of carboxylic acid groups (broad SMARTS) is 8. The molecule has 30 rings (SSSR count). The zero-order chi connectivity index (χ0) is 94.4. The molecule has 30 aliphatic heterocycles. The van der Waals surface area contributed by atoms with Gasteiger partial charge in [0.2, 0.25) is 0 Å². The van der Waals surface area contributed by atoms with Crippen molar-refractivity contribution in [3.63, 3.8) is 0 Å². The van der Waals surface area contributed by atoms with Crippen LogP contribution in [0, 0.1) is 0 Å². The van der Waals surface area contributed by atoms with Crippen LogP contribution in [0.5, 0.6) is 0 Å². The van der Waals surface area contributed by atoms with Crippen molar-refractivity contribution in [3.05, 3.63) is 0 Å². The van der Waals surface area contributed by atoms with Gasteiger partial charge in [-0.2, -0.15) is 82.3 Å². The summed E-state index contributed by atoms with van der Waals surface area (Å²) in [5, 5.41) is 272. The van der Waals surface area contributed by atoms with Crippen LogP contribution in [0.3, 0.4) is 0 Å². The number of hydrogen-bond acceptors (Lipinski definition) is 49. The predicted octanol–water partition coefficient (Wildman–Crippen LogP) is -7.03. The average Bonchev–Trinajstić information content (AvgIpc) is 0.768. The van der Waals surface area contributed by atoms with Crippen LogP contribution in [-0.2, 0) is 114 Å². The average molecular weight is 2030 g/mol. The fraction of sp³-hybridized carbons (Fsp3) is 0.889. The smallest absolute Gasteiger partial charge is 0.313 e. The molecule has 0 aromatic heterocycles. The number of rotatable bonds is 41. The highest BCUT2D eigenvalue weighted by molar-refractivity contribution is 8.76. The van der Waals surface area contributed by atoms with E-state index < -0.39 is 338 Å². The van der Waals surface area contributed by atoms with E-state index in [1.165, 1.54) is 0 Å². The van der Waals surface area contributed by atoms with Crippen molar-refractivity contribution < 1.29 is 237 Å². The SMILES string of the molecule is O=C(O)CCSC[C@H]1O[C@@H]2O[C@H]3[C@H](O)[C@@H](O)[C@@H](O[C@H]4[C@H](O)[C@@H](O)[C@@H](O[C@H]5[C@H](O)[C@@H](O)[C@@H](O[C@H]6[C@H](O)[C@@H](O)[C@@H](O[C@H]7[C@H](O)[C@@H](O)[C@@H](O[C@H]8[C@H](O)[C@@H](O)[C@@H](O[C@H]9[C@H](O)[C@@H](O)[C@@H](O[C@H]1[C@H](O)[C@H]2O)O[C@@H]9CCSCC(=O)O)O[C@@H]8CSCCC(=O)O)O[C@@H]7CSSCCC(=O)O)O[C@@H]6CSCCC(=O)O)O[C@@H]5CSCCC(=O)O)O[C@@H]4CSCCC(=O)O)O[C@@H]3CSCCC(=O)O. The van der Waals surface area contributed by atoms with E-state index in [1.54, 1.807) is 0 Å². The summed E-state index contributed by atoms with van der Waals surface area (Å²) >= 11 is 6.11. The van der Waals surface area contributed by atoms with Crippen molar-refractivity contribution in [2.75, 3.05) is 92.0 Å². The van der Waals surface area contributed by atoms with E-state index in [-0.39, 0.29) is 99.1 Å². The lowest BCUT2D eigenvalue weighted by molar-refractivity contribution is -0.397. The van der Waals surface area contributed by atoms with Crippen LogP contribution < -0.4 is 0 Å². The molecular weight excluding hydrogens is 1920 g/mol. The maximum Gasteiger partial charge on any atom is 0.313 e. The summed E-state index contributed by atoms with van der Waals surface area (Å²) in [5.74, 6) is -14.3. The Morgan fingerprint density at radius 3 is 0.535 bits per heavy atom. The van der Waals surface area contributed by atoms with Gasteiger partial charge in [0.1, 0.15) is 146 Å². The molecule has 0 amide bonds. The first-order chi connectivity index (χ1) is 61.2. The lowest BCUT2D eigenvalue weighted by Crippen LogP contribution is -2.68. The Bertz CT molecular complexity index is 3340. The van der Waals surface area contributed by atoms with Gasteiger partial charge in [0, 0.05) is 80.5 Å². The van der Waals surface area contributed by atoms with Gasteiger partial charge in [0.05, 0.1) is 99.5 Å². The van der Waals surface area contributed by atoms with E-state index in [1.807, 2.05) is 0 Å². The lowest BCUT2D eigenvalue weighted by Gasteiger charge is -2.51. The number of carboxylic acids is 8. The Morgan fingerprint density at radius 1 is 0.178 bits per heavy atom. The Balaban J connectivity index is 1.12. The van der Waals surface area contributed by atoms with Crippen molar-refractivity contribution >= 4 is 152 Å². The van der Waals surface area contributed by atoms with Gasteiger partial charge in [-0.1, -0.05) is 21.6 Å². The molecule has 30 aliphatic rings. The summed E-state index contributed by atoms with van der Waals surface area (Å²) in [6.45, 7) is 0. The van der Waals surface area contributed by atoms with Gasteiger partial charge in [0.15, 0.2) is 50.3 Å². The number of aliphatic carboxylic acids is 8. The third-order valence-electron chi connectivity index (χ3n) is 21.4. The predicted molar refractivity (Wildman–Crippen MR) is 449 cm³/mol. The first-order valence-corrected chi connectivity index (χ1v) is 51.2. The van der Waals surface area contributed by atoms with E-state index in [0.29, 0.717) is 0 Å². The van der Waals surface area contributed by atoms with Gasteiger partial charge in [-0.25, -0.2) is 0 Å². The minimum Gasteiger partial charge on any atom is -0.481 e. The molecule has 16 bridgehead atoms. The fourth-order valence-corrected chi connectivity index (χ4v) is 23.5. The first-order valence-electron chi connectivity index (χ1n) is 40.6. The third-order valence-corrected chi connectivity index (χ3v) is 31.1. The van der Waals surface area contributed by atoms with Crippen molar-refractivity contribution in [1.82, 2.24) is 0 Å². The normalized spacial score (nSPS) is 41.3. The van der Waals surface area contributed by atoms with Crippen molar-refractivity contribution in [2.24, 2.45) is 0 Å². The molecule has 0 unspecified atom stereocenters. The molecule has 40 atom stereocenters. The Labute approximate surface area is 772 Å². The van der Waals surface area contributed by atoms with Gasteiger partial charge in [-0.15, -0.1) is 0 Å².